The summed E-state index contributed by atoms with van der Waals surface area (Å²) in [6, 6.07) is 0. The molecule has 4 bridgehead atoms. The van der Waals surface area contributed by atoms with Crippen molar-refractivity contribution in [1.29, 1.82) is 0 Å². The first-order valence-corrected chi connectivity index (χ1v) is 12.4. The minimum absolute atomic E-state index is 0.140. The van der Waals surface area contributed by atoms with E-state index in [1.165, 1.54) is 64.2 Å². The molecule has 0 heterocycles. The Morgan fingerprint density at radius 2 is 1.41 bits per heavy atom. The maximum atomic E-state index is 12.9. The zero-order valence-electron chi connectivity index (χ0n) is 18.6. The Hall–Kier alpha value is -0.0400. The molecule has 6 fully saturated rings. The highest BCUT2D eigenvalue weighted by Crippen LogP contribution is 2.73. The number of rotatable bonds is 2. The number of hydrogen-bond acceptors (Lipinski definition) is 1. The van der Waals surface area contributed by atoms with Gasteiger partial charge in [-0.05, 0) is 112 Å². The third kappa shape index (κ3) is 2.39. The summed E-state index contributed by atoms with van der Waals surface area (Å²) < 4.78 is 0. The summed E-state index contributed by atoms with van der Waals surface area (Å²) in [7, 11) is 0. The number of hydrogen-bond donors (Lipinski definition) is 1. The van der Waals surface area contributed by atoms with E-state index in [0.29, 0.717) is 5.92 Å². The molecule has 27 heavy (non-hydrogen) atoms. The van der Waals surface area contributed by atoms with Gasteiger partial charge in [0.15, 0.2) is 0 Å². The van der Waals surface area contributed by atoms with E-state index in [4.69, 9.17) is 0 Å². The molecule has 154 valence electrons. The summed E-state index contributed by atoms with van der Waals surface area (Å²) in [5, 5.41) is 12.9. The summed E-state index contributed by atoms with van der Waals surface area (Å²) in [5.41, 5.74) is -0.0325. The van der Waals surface area contributed by atoms with Crippen LogP contribution >= 0.6 is 0 Å². The molecule has 1 heteroatoms. The van der Waals surface area contributed by atoms with Gasteiger partial charge in [0, 0.05) is 10.8 Å². The first-order valence-electron chi connectivity index (χ1n) is 12.4. The first-order chi connectivity index (χ1) is 12.7. The van der Waals surface area contributed by atoms with Crippen molar-refractivity contribution in [3.63, 3.8) is 0 Å². The van der Waals surface area contributed by atoms with Gasteiger partial charge in [0.1, 0.15) is 0 Å². The van der Waals surface area contributed by atoms with Crippen LogP contribution in [0.3, 0.4) is 0 Å². The van der Waals surface area contributed by atoms with E-state index >= 15 is 0 Å². The quantitative estimate of drug-likeness (QED) is 0.572. The highest BCUT2D eigenvalue weighted by molar-refractivity contribution is 5.20. The molecule has 2 unspecified atom stereocenters. The molecule has 0 aromatic rings. The molecule has 0 aromatic heterocycles. The van der Waals surface area contributed by atoms with E-state index in [0.717, 1.165) is 41.4 Å². The van der Waals surface area contributed by atoms with E-state index in [1.54, 1.807) is 0 Å². The number of fused-ring (bicyclic) bond motifs is 1. The highest BCUT2D eigenvalue weighted by Gasteiger charge is 2.71. The fourth-order valence-corrected chi connectivity index (χ4v) is 10.5. The van der Waals surface area contributed by atoms with Crippen molar-refractivity contribution in [3.05, 3.63) is 0 Å². The lowest BCUT2D eigenvalue weighted by Crippen LogP contribution is -2.72. The van der Waals surface area contributed by atoms with Crippen molar-refractivity contribution in [2.45, 2.75) is 104 Å². The average molecular weight is 373 g/mol. The van der Waals surface area contributed by atoms with Gasteiger partial charge in [-0.2, -0.15) is 0 Å². The number of aliphatic hydroxyl groups is 1. The Morgan fingerprint density at radius 1 is 0.852 bits per heavy atom. The standard InChI is InChI=1S/C26H44O/c1-16(2)22-6-7-24(5)23(12-22)17(3)8-18(4)26(24,27)25-13-19-9-20(14-25)11-21(10-19)15-25/h16-23,27H,6-15H2,1-5H3/t17-,18?,19?,20?,21?,22+,23-,24+,25?,26?/m0/s1. The van der Waals surface area contributed by atoms with Crippen molar-refractivity contribution in [2.24, 2.45) is 58.2 Å². The van der Waals surface area contributed by atoms with Crippen LogP contribution in [-0.2, 0) is 0 Å². The molecule has 1 nitrogen and oxygen atoms in total. The summed E-state index contributed by atoms with van der Waals surface area (Å²) in [6.45, 7) is 12.4. The minimum Gasteiger partial charge on any atom is -0.388 e. The smallest absolute Gasteiger partial charge is 0.0785 e. The van der Waals surface area contributed by atoms with E-state index in [2.05, 4.69) is 34.6 Å². The molecule has 6 atom stereocenters. The molecule has 0 radical (unpaired) electrons. The third-order valence-electron chi connectivity index (χ3n) is 11.2. The van der Waals surface area contributed by atoms with Crippen LogP contribution in [0.1, 0.15) is 98.8 Å². The molecule has 0 spiro atoms. The summed E-state index contributed by atoms with van der Waals surface area (Å²) >= 11 is 0. The van der Waals surface area contributed by atoms with Gasteiger partial charge in [-0.25, -0.2) is 0 Å². The highest BCUT2D eigenvalue weighted by atomic mass is 16.3. The Bertz CT molecular complexity index is 558. The van der Waals surface area contributed by atoms with Gasteiger partial charge in [-0.3, -0.25) is 0 Å². The van der Waals surface area contributed by atoms with Crippen LogP contribution in [0.4, 0.5) is 0 Å². The van der Waals surface area contributed by atoms with Gasteiger partial charge in [-0.15, -0.1) is 0 Å². The minimum atomic E-state index is -0.421. The van der Waals surface area contributed by atoms with Crippen LogP contribution in [-0.4, -0.2) is 10.7 Å². The van der Waals surface area contributed by atoms with E-state index in [1.807, 2.05) is 0 Å². The summed E-state index contributed by atoms with van der Waals surface area (Å²) in [4.78, 5) is 0. The van der Waals surface area contributed by atoms with Gasteiger partial charge in [0.25, 0.3) is 0 Å². The predicted molar refractivity (Wildman–Crippen MR) is 112 cm³/mol. The lowest BCUT2D eigenvalue weighted by Gasteiger charge is -2.72. The lowest BCUT2D eigenvalue weighted by molar-refractivity contribution is -0.296. The van der Waals surface area contributed by atoms with Gasteiger partial charge >= 0.3 is 0 Å². The maximum absolute atomic E-state index is 12.9. The second kappa shape index (κ2) is 5.99. The second-order valence-corrected chi connectivity index (χ2v) is 12.9. The van der Waals surface area contributed by atoms with Crippen molar-refractivity contribution in [1.82, 2.24) is 0 Å². The van der Waals surface area contributed by atoms with E-state index in [9.17, 15) is 5.11 Å². The van der Waals surface area contributed by atoms with Crippen molar-refractivity contribution in [2.75, 3.05) is 0 Å². The Kier molecular flexibility index (Phi) is 4.21. The maximum Gasteiger partial charge on any atom is 0.0785 e. The zero-order chi connectivity index (χ0) is 19.2. The molecule has 6 saturated carbocycles. The van der Waals surface area contributed by atoms with Crippen LogP contribution in [0.5, 0.6) is 0 Å². The van der Waals surface area contributed by atoms with Crippen molar-refractivity contribution in [3.8, 4) is 0 Å². The zero-order valence-corrected chi connectivity index (χ0v) is 18.6. The normalized spacial score (nSPS) is 59.9. The lowest BCUT2D eigenvalue weighted by atomic mass is 9.35. The second-order valence-electron chi connectivity index (χ2n) is 12.9. The molecular formula is C26H44O. The van der Waals surface area contributed by atoms with Crippen molar-refractivity contribution < 1.29 is 5.11 Å². The van der Waals surface area contributed by atoms with E-state index in [-0.39, 0.29) is 10.8 Å². The molecule has 0 saturated heterocycles. The fraction of sp³-hybridized carbons (Fsp3) is 1.00. The Labute approximate surface area is 168 Å². The summed E-state index contributed by atoms with van der Waals surface area (Å²) in [5.74, 6) is 6.45. The Morgan fingerprint density at radius 3 is 1.93 bits per heavy atom. The Balaban J connectivity index is 1.56. The molecule has 1 N–H and O–H groups in total. The molecule has 0 aliphatic heterocycles. The largest absolute Gasteiger partial charge is 0.388 e. The van der Waals surface area contributed by atoms with Crippen LogP contribution in [0.2, 0.25) is 0 Å². The topological polar surface area (TPSA) is 20.2 Å². The SMILES string of the molecule is CC(C)[C@@H]1CC[C@]2(C)[C@@H](C1)[C@@H](C)CC(C)C2(O)C12CC3CC(CC(C3)C1)C2. The van der Waals surface area contributed by atoms with E-state index < -0.39 is 5.60 Å². The van der Waals surface area contributed by atoms with Crippen LogP contribution in [0.25, 0.3) is 0 Å². The third-order valence-corrected chi connectivity index (χ3v) is 11.2. The first kappa shape index (κ1) is 19.0. The van der Waals surface area contributed by atoms with Gasteiger partial charge < -0.3 is 5.11 Å². The fourth-order valence-electron chi connectivity index (χ4n) is 10.5. The van der Waals surface area contributed by atoms with Crippen LogP contribution in [0, 0.1) is 58.2 Å². The molecule has 6 aliphatic rings. The molecular weight excluding hydrogens is 328 g/mol. The van der Waals surface area contributed by atoms with Gasteiger partial charge in [0.2, 0.25) is 0 Å². The van der Waals surface area contributed by atoms with Crippen LogP contribution in [0.15, 0.2) is 0 Å². The monoisotopic (exact) mass is 372 g/mol. The van der Waals surface area contributed by atoms with Gasteiger partial charge in [-0.1, -0.05) is 34.6 Å². The van der Waals surface area contributed by atoms with Crippen molar-refractivity contribution >= 4 is 0 Å². The molecule has 0 amide bonds. The van der Waals surface area contributed by atoms with Crippen LogP contribution < -0.4 is 0 Å². The molecule has 6 rings (SSSR count). The average Bonchev–Trinajstić information content (AvgIpc) is 2.58. The predicted octanol–water partition coefficient (Wildman–Crippen LogP) is 6.69. The summed E-state index contributed by atoms with van der Waals surface area (Å²) in [6.07, 6.45) is 13.7. The molecule has 6 aliphatic carbocycles. The molecule has 0 aromatic carbocycles. The van der Waals surface area contributed by atoms with Gasteiger partial charge in [0.05, 0.1) is 5.60 Å².